The molecule has 1 saturated carbocycles. The van der Waals surface area contributed by atoms with Gasteiger partial charge in [-0.3, -0.25) is 9.69 Å². The molecule has 2 aliphatic rings. The molecule has 4 nitrogen and oxygen atoms in total. The number of hydrogen-bond donors (Lipinski definition) is 2. The van der Waals surface area contributed by atoms with Gasteiger partial charge in [0, 0.05) is 25.6 Å². The van der Waals surface area contributed by atoms with E-state index in [2.05, 4.69) is 22.5 Å². The molecule has 1 unspecified atom stereocenters. The molecule has 1 aliphatic heterocycles. The molecular weight excluding hydrogens is 226 g/mol. The van der Waals surface area contributed by atoms with E-state index in [0.717, 1.165) is 38.8 Å². The smallest absolute Gasteiger partial charge is 0.220 e. The van der Waals surface area contributed by atoms with Gasteiger partial charge in [0.1, 0.15) is 0 Å². The minimum absolute atomic E-state index is 0.232. The lowest BCUT2D eigenvalue weighted by Crippen LogP contribution is -2.38. The maximum atomic E-state index is 11.8. The fraction of sp³-hybridized carbons (Fsp3) is 0.929. The van der Waals surface area contributed by atoms with E-state index in [1.165, 1.54) is 25.7 Å². The van der Waals surface area contributed by atoms with Gasteiger partial charge in [-0.05, 0) is 51.2 Å². The van der Waals surface area contributed by atoms with Gasteiger partial charge >= 0.3 is 0 Å². The summed E-state index contributed by atoms with van der Waals surface area (Å²) in [6, 6.07) is 0.800. The maximum Gasteiger partial charge on any atom is 0.220 e. The number of rotatable bonds is 7. The van der Waals surface area contributed by atoms with Crippen molar-refractivity contribution in [3.63, 3.8) is 0 Å². The molecule has 0 bridgehead atoms. The summed E-state index contributed by atoms with van der Waals surface area (Å²) in [6.45, 7) is 7.25. The molecule has 18 heavy (non-hydrogen) atoms. The van der Waals surface area contributed by atoms with Crippen molar-refractivity contribution in [2.24, 2.45) is 5.92 Å². The van der Waals surface area contributed by atoms with Gasteiger partial charge in [-0.15, -0.1) is 0 Å². The number of amides is 1. The molecule has 0 spiro atoms. The van der Waals surface area contributed by atoms with Gasteiger partial charge in [0.05, 0.1) is 0 Å². The van der Waals surface area contributed by atoms with E-state index in [-0.39, 0.29) is 5.91 Å². The predicted octanol–water partition coefficient (Wildman–Crippen LogP) is 0.977. The Morgan fingerprint density at radius 3 is 2.83 bits per heavy atom. The van der Waals surface area contributed by atoms with Crippen molar-refractivity contribution in [1.29, 1.82) is 0 Å². The molecule has 1 saturated heterocycles. The molecule has 0 aromatic rings. The molecule has 2 fully saturated rings. The van der Waals surface area contributed by atoms with Crippen LogP contribution in [0.2, 0.25) is 0 Å². The summed E-state index contributed by atoms with van der Waals surface area (Å²) in [5, 5.41) is 6.43. The third kappa shape index (κ3) is 4.58. The van der Waals surface area contributed by atoms with Gasteiger partial charge in [0.15, 0.2) is 0 Å². The Labute approximate surface area is 110 Å². The lowest BCUT2D eigenvalue weighted by molar-refractivity contribution is -0.122. The van der Waals surface area contributed by atoms with Crippen molar-refractivity contribution in [3.05, 3.63) is 0 Å². The van der Waals surface area contributed by atoms with Gasteiger partial charge in [-0.25, -0.2) is 0 Å². The zero-order valence-corrected chi connectivity index (χ0v) is 11.6. The maximum absolute atomic E-state index is 11.8. The normalized spacial score (nSPS) is 24.2. The van der Waals surface area contributed by atoms with Crippen molar-refractivity contribution in [2.45, 2.75) is 45.1 Å². The highest BCUT2D eigenvalue weighted by Crippen LogP contribution is 2.25. The molecule has 2 N–H and O–H groups in total. The molecule has 1 heterocycles. The highest BCUT2D eigenvalue weighted by Gasteiger charge is 2.27. The second-order valence-electron chi connectivity index (χ2n) is 5.63. The number of likely N-dealkylation sites (N-methyl/N-ethyl adjacent to an activating group) is 1. The van der Waals surface area contributed by atoms with Crippen LogP contribution in [0.5, 0.6) is 0 Å². The Balaban J connectivity index is 1.56. The summed E-state index contributed by atoms with van der Waals surface area (Å²) in [5.41, 5.74) is 0. The fourth-order valence-corrected chi connectivity index (χ4v) is 2.81. The van der Waals surface area contributed by atoms with Crippen LogP contribution >= 0.6 is 0 Å². The Morgan fingerprint density at radius 2 is 2.22 bits per heavy atom. The van der Waals surface area contributed by atoms with Crippen LogP contribution in [-0.4, -0.2) is 49.6 Å². The van der Waals surface area contributed by atoms with Gasteiger partial charge in [0.2, 0.25) is 5.91 Å². The van der Waals surface area contributed by atoms with E-state index < -0.39 is 0 Å². The number of carbonyl (C=O) groups is 1. The monoisotopic (exact) mass is 253 g/mol. The molecule has 0 aromatic carbocycles. The van der Waals surface area contributed by atoms with Crippen molar-refractivity contribution < 1.29 is 4.79 Å². The van der Waals surface area contributed by atoms with E-state index in [0.29, 0.717) is 12.3 Å². The van der Waals surface area contributed by atoms with E-state index in [4.69, 9.17) is 0 Å². The SMILES string of the molecule is CCN(CCNC(=O)CC1CCCNC1)C1CC1. The van der Waals surface area contributed by atoms with Crippen LogP contribution in [0.4, 0.5) is 0 Å². The van der Waals surface area contributed by atoms with Crippen LogP contribution in [0, 0.1) is 5.92 Å². The van der Waals surface area contributed by atoms with E-state index >= 15 is 0 Å². The average Bonchev–Trinajstić information content (AvgIpc) is 3.20. The molecule has 104 valence electrons. The molecule has 1 atom stereocenters. The summed E-state index contributed by atoms with van der Waals surface area (Å²) < 4.78 is 0. The molecule has 2 rings (SSSR count). The second kappa shape index (κ2) is 7.10. The lowest BCUT2D eigenvalue weighted by atomic mass is 9.96. The van der Waals surface area contributed by atoms with Crippen LogP contribution in [0.15, 0.2) is 0 Å². The summed E-state index contributed by atoms with van der Waals surface area (Å²) in [5.74, 6) is 0.778. The first-order valence-corrected chi connectivity index (χ1v) is 7.51. The Morgan fingerprint density at radius 1 is 1.39 bits per heavy atom. The predicted molar refractivity (Wildman–Crippen MR) is 73.5 cm³/mol. The Hall–Kier alpha value is -0.610. The summed E-state index contributed by atoms with van der Waals surface area (Å²) >= 11 is 0. The van der Waals surface area contributed by atoms with Gasteiger partial charge in [-0.2, -0.15) is 0 Å². The average molecular weight is 253 g/mol. The van der Waals surface area contributed by atoms with Crippen molar-refractivity contribution in [3.8, 4) is 0 Å². The molecule has 0 aromatic heterocycles. The van der Waals surface area contributed by atoms with Gasteiger partial charge in [0.25, 0.3) is 0 Å². The molecule has 4 heteroatoms. The second-order valence-corrected chi connectivity index (χ2v) is 5.63. The molecule has 0 radical (unpaired) electrons. The van der Waals surface area contributed by atoms with E-state index in [9.17, 15) is 4.79 Å². The van der Waals surface area contributed by atoms with Crippen LogP contribution in [0.25, 0.3) is 0 Å². The highest BCUT2D eigenvalue weighted by atomic mass is 16.1. The topological polar surface area (TPSA) is 44.4 Å². The van der Waals surface area contributed by atoms with Gasteiger partial charge < -0.3 is 10.6 Å². The van der Waals surface area contributed by atoms with Crippen LogP contribution in [-0.2, 0) is 4.79 Å². The van der Waals surface area contributed by atoms with Gasteiger partial charge in [-0.1, -0.05) is 6.92 Å². The zero-order chi connectivity index (χ0) is 12.8. The first kappa shape index (κ1) is 13.8. The Kier molecular flexibility index (Phi) is 5.45. The highest BCUT2D eigenvalue weighted by molar-refractivity contribution is 5.76. The summed E-state index contributed by atoms with van der Waals surface area (Å²) in [4.78, 5) is 14.3. The third-order valence-electron chi connectivity index (χ3n) is 4.06. The van der Waals surface area contributed by atoms with Crippen molar-refractivity contribution in [1.82, 2.24) is 15.5 Å². The van der Waals surface area contributed by atoms with Crippen LogP contribution < -0.4 is 10.6 Å². The van der Waals surface area contributed by atoms with Crippen LogP contribution in [0.3, 0.4) is 0 Å². The number of piperidine rings is 1. The first-order valence-electron chi connectivity index (χ1n) is 7.51. The minimum Gasteiger partial charge on any atom is -0.355 e. The lowest BCUT2D eigenvalue weighted by Gasteiger charge is -2.23. The van der Waals surface area contributed by atoms with E-state index in [1.807, 2.05) is 0 Å². The summed E-state index contributed by atoms with van der Waals surface area (Å²) in [7, 11) is 0. The molecule has 1 amide bonds. The van der Waals surface area contributed by atoms with E-state index in [1.54, 1.807) is 0 Å². The zero-order valence-electron chi connectivity index (χ0n) is 11.6. The number of nitrogens with one attached hydrogen (secondary N) is 2. The largest absolute Gasteiger partial charge is 0.355 e. The molecule has 1 aliphatic carbocycles. The standard InChI is InChI=1S/C14H27N3O/c1-2-17(13-5-6-13)9-8-16-14(18)10-12-4-3-7-15-11-12/h12-13,15H,2-11H2,1H3,(H,16,18). The molecular formula is C14H27N3O. The quantitative estimate of drug-likeness (QED) is 0.711. The number of nitrogens with zero attached hydrogens (tertiary/aromatic N) is 1. The minimum atomic E-state index is 0.232. The summed E-state index contributed by atoms with van der Waals surface area (Å²) in [6.07, 6.45) is 5.79. The van der Waals surface area contributed by atoms with Crippen molar-refractivity contribution >= 4 is 5.91 Å². The first-order chi connectivity index (χ1) is 8.79. The number of hydrogen-bond acceptors (Lipinski definition) is 3. The fourth-order valence-electron chi connectivity index (χ4n) is 2.81. The Bertz CT molecular complexity index is 260. The van der Waals surface area contributed by atoms with Crippen LogP contribution in [0.1, 0.15) is 39.0 Å². The third-order valence-corrected chi connectivity index (χ3v) is 4.06. The number of carbonyl (C=O) groups excluding carboxylic acids is 1. The van der Waals surface area contributed by atoms with Crippen molar-refractivity contribution in [2.75, 3.05) is 32.7 Å².